The maximum Gasteiger partial charge on any atom is 0.373 e. The molecule has 0 heterocycles. The quantitative estimate of drug-likeness (QED) is 0.523. The van der Waals surface area contributed by atoms with Crippen molar-refractivity contribution < 1.29 is 14.6 Å². The van der Waals surface area contributed by atoms with Gasteiger partial charge in [0.15, 0.2) is 0 Å². The van der Waals surface area contributed by atoms with Crippen molar-refractivity contribution in [3.8, 4) is 11.1 Å². The first kappa shape index (κ1) is 13.9. The molecule has 2 rings (SSSR count). The standard InChI is InChI=1S/C17H16O3/c1-12(16(18)17(19)20-2)13-8-10-15(11-9-13)14-6-4-3-5-7-14/h3-11,18H,1-2H3. The summed E-state index contributed by atoms with van der Waals surface area (Å²) in [6.45, 7) is 1.68. The highest BCUT2D eigenvalue weighted by atomic mass is 16.5. The largest absolute Gasteiger partial charge is 0.502 e. The first-order chi connectivity index (χ1) is 9.63. The van der Waals surface area contributed by atoms with Crippen molar-refractivity contribution in [3.05, 3.63) is 65.9 Å². The lowest BCUT2D eigenvalue weighted by Crippen LogP contribution is -2.05. The van der Waals surface area contributed by atoms with E-state index in [1.54, 1.807) is 6.92 Å². The fourth-order valence-electron chi connectivity index (χ4n) is 1.93. The Kier molecular flexibility index (Phi) is 4.20. The summed E-state index contributed by atoms with van der Waals surface area (Å²) in [5.74, 6) is -1.09. The van der Waals surface area contributed by atoms with Crippen molar-refractivity contribution in [2.45, 2.75) is 6.92 Å². The minimum Gasteiger partial charge on any atom is -0.502 e. The number of aliphatic hydroxyl groups excluding tert-OH is 1. The van der Waals surface area contributed by atoms with Gasteiger partial charge >= 0.3 is 5.97 Å². The molecule has 0 aliphatic heterocycles. The number of rotatable bonds is 3. The molecule has 3 nitrogen and oxygen atoms in total. The molecular formula is C17H16O3. The zero-order valence-corrected chi connectivity index (χ0v) is 11.5. The third-order valence-electron chi connectivity index (χ3n) is 3.16. The monoisotopic (exact) mass is 268 g/mol. The molecule has 2 aromatic rings. The van der Waals surface area contributed by atoms with Gasteiger partial charge in [0, 0.05) is 5.57 Å². The highest BCUT2D eigenvalue weighted by Crippen LogP contribution is 2.23. The Morgan fingerprint density at radius 1 is 0.950 bits per heavy atom. The van der Waals surface area contributed by atoms with E-state index in [1.807, 2.05) is 54.6 Å². The van der Waals surface area contributed by atoms with Crippen LogP contribution < -0.4 is 0 Å². The fraction of sp³-hybridized carbons (Fsp3) is 0.118. The van der Waals surface area contributed by atoms with Crippen LogP contribution in [0.3, 0.4) is 0 Å². The lowest BCUT2D eigenvalue weighted by atomic mass is 10.0. The van der Waals surface area contributed by atoms with E-state index in [0.717, 1.165) is 16.7 Å². The van der Waals surface area contributed by atoms with Crippen LogP contribution in [-0.2, 0) is 9.53 Å². The molecule has 20 heavy (non-hydrogen) atoms. The average molecular weight is 268 g/mol. The highest BCUT2D eigenvalue weighted by Gasteiger charge is 2.12. The number of hydrogen-bond donors (Lipinski definition) is 1. The SMILES string of the molecule is COC(=O)C(O)=C(C)c1ccc(-c2ccccc2)cc1. The highest BCUT2D eigenvalue weighted by molar-refractivity contribution is 5.94. The average Bonchev–Trinajstić information content (AvgIpc) is 2.53. The molecule has 102 valence electrons. The van der Waals surface area contributed by atoms with Gasteiger partial charge in [-0.1, -0.05) is 54.6 Å². The number of allylic oxidation sites excluding steroid dienone is 1. The van der Waals surface area contributed by atoms with Crippen LogP contribution in [0.25, 0.3) is 16.7 Å². The first-order valence-electron chi connectivity index (χ1n) is 6.27. The summed E-state index contributed by atoms with van der Waals surface area (Å²) in [5.41, 5.74) is 3.49. The Labute approximate surface area is 118 Å². The van der Waals surface area contributed by atoms with Crippen molar-refractivity contribution in [1.29, 1.82) is 0 Å². The topological polar surface area (TPSA) is 46.5 Å². The maximum atomic E-state index is 11.3. The summed E-state index contributed by atoms with van der Waals surface area (Å²) in [6, 6.07) is 17.7. The molecule has 1 N–H and O–H groups in total. The molecule has 0 atom stereocenters. The molecule has 2 aromatic carbocycles. The van der Waals surface area contributed by atoms with E-state index < -0.39 is 5.97 Å². The molecule has 0 saturated carbocycles. The zero-order chi connectivity index (χ0) is 14.5. The number of ether oxygens (including phenoxy) is 1. The van der Waals surface area contributed by atoms with Gasteiger partial charge in [-0.15, -0.1) is 0 Å². The van der Waals surface area contributed by atoms with E-state index >= 15 is 0 Å². The number of carbonyl (C=O) groups is 1. The van der Waals surface area contributed by atoms with E-state index in [-0.39, 0.29) is 5.76 Å². The van der Waals surface area contributed by atoms with Gasteiger partial charge in [-0.3, -0.25) is 0 Å². The van der Waals surface area contributed by atoms with Crippen LogP contribution in [0.5, 0.6) is 0 Å². The molecule has 3 heteroatoms. The van der Waals surface area contributed by atoms with E-state index in [0.29, 0.717) is 5.57 Å². The number of esters is 1. The van der Waals surface area contributed by atoms with Gasteiger partial charge in [0.2, 0.25) is 5.76 Å². The molecule has 0 fully saturated rings. The normalized spacial score (nSPS) is 11.7. The van der Waals surface area contributed by atoms with Crippen LogP contribution in [0.4, 0.5) is 0 Å². The van der Waals surface area contributed by atoms with E-state index in [4.69, 9.17) is 0 Å². The number of benzene rings is 2. The van der Waals surface area contributed by atoms with Gasteiger partial charge in [0.1, 0.15) is 0 Å². The molecule has 0 saturated heterocycles. The molecule has 0 aliphatic carbocycles. The van der Waals surface area contributed by atoms with Crippen LogP contribution in [0, 0.1) is 0 Å². The van der Waals surface area contributed by atoms with Crippen LogP contribution in [0.1, 0.15) is 12.5 Å². The van der Waals surface area contributed by atoms with Crippen molar-refractivity contribution in [2.75, 3.05) is 7.11 Å². The Morgan fingerprint density at radius 2 is 1.50 bits per heavy atom. The number of aliphatic hydroxyl groups is 1. The summed E-state index contributed by atoms with van der Waals surface area (Å²) < 4.78 is 4.50. The number of hydrogen-bond acceptors (Lipinski definition) is 3. The minimum absolute atomic E-state index is 0.361. The molecule has 0 bridgehead atoms. The first-order valence-corrected chi connectivity index (χ1v) is 6.27. The second-order valence-corrected chi connectivity index (χ2v) is 4.41. The maximum absolute atomic E-state index is 11.3. The van der Waals surface area contributed by atoms with Crippen molar-refractivity contribution in [2.24, 2.45) is 0 Å². The third kappa shape index (κ3) is 2.88. The summed E-state index contributed by atoms with van der Waals surface area (Å²) in [7, 11) is 1.24. The van der Waals surface area contributed by atoms with Crippen LogP contribution >= 0.6 is 0 Å². The Hall–Kier alpha value is -2.55. The summed E-state index contributed by atoms with van der Waals surface area (Å²) in [6.07, 6.45) is 0. The van der Waals surface area contributed by atoms with Gasteiger partial charge in [0.05, 0.1) is 7.11 Å². The molecule has 0 aromatic heterocycles. The van der Waals surface area contributed by atoms with Crippen LogP contribution in [0.15, 0.2) is 60.4 Å². The smallest absolute Gasteiger partial charge is 0.373 e. The Bertz CT molecular complexity index is 625. The molecular weight excluding hydrogens is 252 g/mol. The molecule has 0 unspecified atom stereocenters. The van der Waals surface area contributed by atoms with Gasteiger partial charge in [-0.25, -0.2) is 4.79 Å². The zero-order valence-electron chi connectivity index (χ0n) is 11.5. The predicted octanol–water partition coefficient (Wildman–Crippen LogP) is 3.82. The van der Waals surface area contributed by atoms with Crippen molar-refractivity contribution in [3.63, 3.8) is 0 Å². The minimum atomic E-state index is -0.727. The van der Waals surface area contributed by atoms with Crippen molar-refractivity contribution >= 4 is 11.5 Å². The second-order valence-electron chi connectivity index (χ2n) is 4.41. The van der Waals surface area contributed by atoms with Crippen molar-refractivity contribution in [1.82, 2.24) is 0 Å². The summed E-state index contributed by atoms with van der Waals surface area (Å²) >= 11 is 0. The van der Waals surface area contributed by atoms with Gasteiger partial charge in [0.25, 0.3) is 0 Å². The van der Waals surface area contributed by atoms with E-state index in [2.05, 4.69) is 4.74 Å². The van der Waals surface area contributed by atoms with E-state index in [9.17, 15) is 9.90 Å². The molecule has 0 radical (unpaired) electrons. The van der Waals surface area contributed by atoms with Gasteiger partial charge in [-0.05, 0) is 23.6 Å². The predicted molar refractivity (Wildman–Crippen MR) is 79.1 cm³/mol. The van der Waals surface area contributed by atoms with E-state index in [1.165, 1.54) is 7.11 Å². The Morgan fingerprint density at radius 3 is 2.05 bits per heavy atom. The van der Waals surface area contributed by atoms with Crippen LogP contribution in [-0.4, -0.2) is 18.2 Å². The fourth-order valence-corrected chi connectivity index (χ4v) is 1.93. The molecule has 0 spiro atoms. The molecule has 0 amide bonds. The molecule has 0 aliphatic rings. The van der Waals surface area contributed by atoms with Crippen LogP contribution in [0.2, 0.25) is 0 Å². The third-order valence-corrected chi connectivity index (χ3v) is 3.16. The lowest BCUT2D eigenvalue weighted by Gasteiger charge is -2.07. The summed E-state index contributed by atoms with van der Waals surface area (Å²) in [5, 5.41) is 9.73. The summed E-state index contributed by atoms with van der Waals surface area (Å²) in [4.78, 5) is 11.3. The lowest BCUT2D eigenvalue weighted by molar-refractivity contribution is -0.138. The second kappa shape index (κ2) is 6.06. The number of carbonyl (C=O) groups excluding carboxylic acids is 1. The number of methoxy groups -OCH3 is 1. The Balaban J connectivity index is 2.32. The van der Waals surface area contributed by atoms with Gasteiger partial charge in [-0.2, -0.15) is 0 Å². The van der Waals surface area contributed by atoms with Gasteiger partial charge < -0.3 is 9.84 Å².